The Morgan fingerprint density at radius 1 is 1.33 bits per heavy atom. The molecule has 1 aromatic heterocycles. The molecule has 0 saturated carbocycles. The Balaban J connectivity index is 2.21. The maximum Gasteiger partial charge on any atom is 0.147 e. The van der Waals surface area contributed by atoms with Crippen molar-refractivity contribution >= 4 is 33.0 Å². The molecule has 0 spiro atoms. The summed E-state index contributed by atoms with van der Waals surface area (Å²) in [4.78, 5) is 4.31. The van der Waals surface area contributed by atoms with Crippen LogP contribution in [0.15, 0.2) is 22.0 Å². The van der Waals surface area contributed by atoms with E-state index in [0.29, 0.717) is 0 Å². The summed E-state index contributed by atoms with van der Waals surface area (Å²) in [6, 6.07) is 2.07. The predicted molar refractivity (Wildman–Crippen MR) is 72.9 cm³/mol. The van der Waals surface area contributed by atoms with Crippen molar-refractivity contribution in [3.8, 4) is 0 Å². The third kappa shape index (κ3) is 2.87. The van der Waals surface area contributed by atoms with Crippen LogP contribution in [0.2, 0.25) is 0 Å². The van der Waals surface area contributed by atoms with Crippen molar-refractivity contribution in [1.82, 2.24) is 4.98 Å². The minimum Gasteiger partial charge on any atom is -0.374 e. The fourth-order valence-corrected chi connectivity index (χ4v) is 2.54. The molecule has 0 bridgehead atoms. The normalized spacial score (nSPS) is 12.5. The van der Waals surface area contributed by atoms with Crippen LogP contribution in [0, 0.1) is 18.6 Å². The second-order valence-electron chi connectivity index (χ2n) is 3.90. The quantitative estimate of drug-likeness (QED) is 0.826. The lowest BCUT2D eigenvalue weighted by molar-refractivity contribution is 0.594. The Bertz CT molecular complexity index is 571. The largest absolute Gasteiger partial charge is 0.374 e. The number of benzene rings is 1. The van der Waals surface area contributed by atoms with Gasteiger partial charge >= 0.3 is 0 Å². The van der Waals surface area contributed by atoms with Gasteiger partial charge in [-0.15, -0.1) is 11.3 Å². The molecule has 0 fully saturated rings. The second-order valence-corrected chi connectivity index (χ2v) is 5.82. The van der Waals surface area contributed by atoms with Gasteiger partial charge in [0.2, 0.25) is 0 Å². The van der Waals surface area contributed by atoms with Crippen LogP contribution in [0.5, 0.6) is 0 Å². The molecule has 1 aromatic carbocycles. The van der Waals surface area contributed by atoms with Crippen molar-refractivity contribution in [1.29, 1.82) is 0 Å². The first kappa shape index (κ1) is 13.4. The standard InChI is InChI=1S/C12H11BrF2N2S/c1-6(12-5-18-7(2)17-12)16-11-4-9(14)8(13)3-10(11)15/h3-6,16H,1-2H3. The summed E-state index contributed by atoms with van der Waals surface area (Å²) in [5.74, 6) is -0.998. The van der Waals surface area contributed by atoms with Gasteiger partial charge in [0, 0.05) is 11.4 Å². The van der Waals surface area contributed by atoms with E-state index in [-0.39, 0.29) is 16.2 Å². The smallest absolute Gasteiger partial charge is 0.147 e. The summed E-state index contributed by atoms with van der Waals surface area (Å²) in [6.45, 7) is 3.76. The monoisotopic (exact) mass is 332 g/mol. The Hall–Kier alpha value is -1.01. The van der Waals surface area contributed by atoms with Gasteiger partial charge in [0.25, 0.3) is 0 Å². The Morgan fingerprint density at radius 3 is 2.67 bits per heavy atom. The van der Waals surface area contributed by atoms with E-state index in [1.165, 1.54) is 11.3 Å². The minimum atomic E-state index is -0.499. The lowest BCUT2D eigenvalue weighted by Gasteiger charge is -2.14. The number of rotatable bonds is 3. The molecule has 0 radical (unpaired) electrons. The highest BCUT2D eigenvalue weighted by Gasteiger charge is 2.13. The SMILES string of the molecule is Cc1nc(C(C)Nc2cc(F)c(Br)cc2F)cs1. The van der Waals surface area contributed by atoms with Crippen LogP contribution in [0.3, 0.4) is 0 Å². The van der Waals surface area contributed by atoms with Crippen LogP contribution in [-0.2, 0) is 0 Å². The number of aromatic nitrogens is 1. The zero-order valence-corrected chi connectivity index (χ0v) is 12.2. The molecule has 0 aliphatic carbocycles. The van der Waals surface area contributed by atoms with E-state index >= 15 is 0 Å². The van der Waals surface area contributed by atoms with E-state index in [1.54, 1.807) is 0 Å². The van der Waals surface area contributed by atoms with Gasteiger partial charge < -0.3 is 5.32 Å². The zero-order valence-electron chi connectivity index (χ0n) is 9.80. The van der Waals surface area contributed by atoms with Crippen molar-refractivity contribution in [2.45, 2.75) is 19.9 Å². The van der Waals surface area contributed by atoms with E-state index < -0.39 is 11.6 Å². The number of hydrogen-bond acceptors (Lipinski definition) is 3. The van der Waals surface area contributed by atoms with Crippen molar-refractivity contribution in [3.05, 3.63) is 44.3 Å². The number of hydrogen-bond donors (Lipinski definition) is 1. The molecule has 0 aliphatic heterocycles. The summed E-state index contributed by atoms with van der Waals surface area (Å²) in [6.07, 6.45) is 0. The molecule has 18 heavy (non-hydrogen) atoms. The van der Waals surface area contributed by atoms with E-state index in [1.807, 2.05) is 19.2 Å². The molecule has 1 heterocycles. The zero-order chi connectivity index (χ0) is 13.3. The van der Waals surface area contributed by atoms with Crippen LogP contribution < -0.4 is 5.32 Å². The summed E-state index contributed by atoms with van der Waals surface area (Å²) in [5, 5.41) is 5.76. The highest BCUT2D eigenvalue weighted by Crippen LogP contribution is 2.27. The molecule has 2 aromatic rings. The number of nitrogens with zero attached hydrogens (tertiary/aromatic N) is 1. The molecule has 96 valence electrons. The molecule has 1 N–H and O–H groups in total. The third-order valence-corrected chi connectivity index (χ3v) is 3.86. The van der Waals surface area contributed by atoms with Gasteiger partial charge in [-0.1, -0.05) is 0 Å². The Morgan fingerprint density at radius 2 is 2.06 bits per heavy atom. The lowest BCUT2D eigenvalue weighted by Crippen LogP contribution is -2.08. The van der Waals surface area contributed by atoms with Gasteiger partial charge in [-0.25, -0.2) is 13.8 Å². The van der Waals surface area contributed by atoms with E-state index in [0.717, 1.165) is 22.8 Å². The first-order chi connectivity index (χ1) is 8.47. The highest BCUT2D eigenvalue weighted by molar-refractivity contribution is 9.10. The van der Waals surface area contributed by atoms with Crippen molar-refractivity contribution in [3.63, 3.8) is 0 Å². The van der Waals surface area contributed by atoms with Crippen molar-refractivity contribution < 1.29 is 8.78 Å². The lowest BCUT2D eigenvalue weighted by atomic mass is 10.2. The topological polar surface area (TPSA) is 24.9 Å². The highest BCUT2D eigenvalue weighted by atomic mass is 79.9. The van der Waals surface area contributed by atoms with Crippen LogP contribution in [0.25, 0.3) is 0 Å². The van der Waals surface area contributed by atoms with Crippen LogP contribution in [-0.4, -0.2) is 4.98 Å². The molecule has 0 aliphatic rings. The Labute approximate surface area is 116 Å². The number of halogens is 3. The van der Waals surface area contributed by atoms with Gasteiger partial charge in [0.1, 0.15) is 11.6 Å². The van der Waals surface area contributed by atoms with Crippen LogP contribution in [0.1, 0.15) is 23.7 Å². The van der Waals surface area contributed by atoms with Crippen molar-refractivity contribution in [2.24, 2.45) is 0 Å². The summed E-state index contributed by atoms with van der Waals surface area (Å²) < 4.78 is 27.1. The molecular formula is C12H11BrF2N2S. The summed E-state index contributed by atoms with van der Waals surface area (Å²) >= 11 is 4.47. The second kappa shape index (κ2) is 5.32. The van der Waals surface area contributed by atoms with E-state index in [4.69, 9.17) is 0 Å². The first-order valence-corrected chi connectivity index (χ1v) is 6.97. The number of thiazole rings is 1. The fraction of sp³-hybridized carbons (Fsp3) is 0.250. The summed E-state index contributed by atoms with van der Waals surface area (Å²) in [5.41, 5.74) is 0.953. The number of aryl methyl sites for hydroxylation is 1. The molecule has 2 nitrogen and oxygen atoms in total. The molecule has 1 unspecified atom stereocenters. The van der Waals surface area contributed by atoms with Gasteiger partial charge in [-0.2, -0.15) is 0 Å². The van der Waals surface area contributed by atoms with Gasteiger partial charge in [0.15, 0.2) is 0 Å². The van der Waals surface area contributed by atoms with Gasteiger partial charge in [0.05, 0.1) is 26.9 Å². The van der Waals surface area contributed by atoms with Gasteiger partial charge in [-0.3, -0.25) is 0 Å². The number of anilines is 1. The van der Waals surface area contributed by atoms with E-state index in [9.17, 15) is 8.78 Å². The predicted octanol–water partition coefficient (Wildman–Crippen LogP) is 4.67. The molecular weight excluding hydrogens is 322 g/mol. The molecule has 2 rings (SSSR count). The molecule has 0 saturated heterocycles. The van der Waals surface area contributed by atoms with Crippen molar-refractivity contribution in [2.75, 3.05) is 5.32 Å². The maximum atomic E-state index is 13.6. The molecule has 6 heteroatoms. The molecule has 1 atom stereocenters. The maximum absolute atomic E-state index is 13.6. The van der Waals surface area contributed by atoms with E-state index in [2.05, 4.69) is 26.2 Å². The first-order valence-electron chi connectivity index (χ1n) is 5.30. The Kier molecular flexibility index (Phi) is 3.97. The number of nitrogens with one attached hydrogen (secondary N) is 1. The molecule has 0 amide bonds. The van der Waals surface area contributed by atoms with Crippen LogP contribution in [0.4, 0.5) is 14.5 Å². The minimum absolute atomic E-state index is 0.114. The summed E-state index contributed by atoms with van der Waals surface area (Å²) in [7, 11) is 0. The fourth-order valence-electron chi connectivity index (χ4n) is 1.52. The average molecular weight is 333 g/mol. The average Bonchev–Trinajstić information content (AvgIpc) is 2.73. The van der Waals surface area contributed by atoms with Crippen LogP contribution >= 0.6 is 27.3 Å². The third-order valence-electron chi connectivity index (χ3n) is 2.46. The van der Waals surface area contributed by atoms with Gasteiger partial charge in [-0.05, 0) is 35.8 Å².